The van der Waals surface area contributed by atoms with Crippen LogP contribution in [0.2, 0.25) is 0 Å². The van der Waals surface area contributed by atoms with Gasteiger partial charge < -0.3 is 9.47 Å². The molecule has 1 atom stereocenters. The van der Waals surface area contributed by atoms with Crippen LogP contribution in [0, 0.1) is 0 Å². The molecule has 0 bridgehead atoms. The number of methoxy groups -OCH3 is 2. The number of benzene rings is 3. The van der Waals surface area contributed by atoms with Crippen molar-refractivity contribution in [2.24, 2.45) is 0 Å². The maximum Gasteiger partial charge on any atom is 0.241 e. The van der Waals surface area contributed by atoms with Crippen LogP contribution in [0.3, 0.4) is 0 Å². The smallest absolute Gasteiger partial charge is 0.241 e. The number of hydrogen-bond donors (Lipinski definition) is 1. The average Bonchev–Trinajstić information content (AvgIpc) is 2.66. The Labute approximate surface area is 153 Å². The topological polar surface area (TPSA) is 64.6 Å². The zero-order valence-corrected chi connectivity index (χ0v) is 15.7. The minimum absolute atomic E-state index is 0.232. The fourth-order valence-corrected chi connectivity index (χ4v) is 4.02. The average molecular weight is 371 g/mol. The summed E-state index contributed by atoms with van der Waals surface area (Å²) in [5.41, 5.74) is 0.861. The minimum atomic E-state index is -3.64. The normalized spacial score (nSPS) is 12.7. The van der Waals surface area contributed by atoms with Gasteiger partial charge in [0.1, 0.15) is 11.5 Å². The van der Waals surface area contributed by atoms with Crippen LogP contribution in [-0.4, -0.2) is 22.6 Å². The Balaban J connectivity index is 1.85. The molecular weight excluding hydrogens is 350 g/mol. The summed E-state index contributed by atoms with van der Waals surface area (Å²) in [6.07, 6.45) is 0. The Hall–Kier alpha value is -2.57. The maximum absolute atomic E-state index is 12.7. The fraction of sp³-hybridized carbons (Fsp3) is 0.200. The largest absolute Gasteiger partial charge is 0.497 e. The van der Waals surface area contributed by atoms with Crippen LogP contribution >= 0.6 is 0 Å². The van der Waals surface area contributed by atoms with Crippen LogP contribution in [0.4, 0.5) is 0 Å². The van der Waals surface area contributed by atoms with Crippen LogP contribution in [-0.2, 0) is 10.0 Å². The van der Waals surface area contributed by atoms with Crippen LogP contribution < -0.4 is 14.2 Å². The first-order valence-corrected chi connectivity index (χ1v) is 9.65. The van der Waals surface area contributed by atoms with Crippen LogP contribution in [0.25, 0.3) is 10.8 Å². The lowest BCUT2D eigenvalue weighted by molar-refractivity contribution is 0.414. The highest BCUT2D eigenvalue weighted by Gasteiger charge is 2.19. The molecule has 6 heteroatoms. The molecule has 3 rings (SSSR count). The number of sulfonamides is 1. The van der Waals surface area contributed by atoms with E-state index in [9.17, 15) is 8.42 Å². The minimum Gasteiger partial charge on any atom is -0.497 e. The van der Waals surface area contributed by atoms with Gasteiger partial charge in [-0.05, 0) is 59.7 Å². The van der Waals surface area contributed by atoms with Crippen molar-refractivity contribution in [2.45, 2.75) is 17.9 Å². The molecule has 0 amide bonds. The lowest BCUT2D eigenvalue weighted by atomic mass is 10.1. The van der Waals surface area contributed by atoms with Gasteiger partial charge in [0, 0.05) is 6.04 Å². The molecule has 3 aromatic rings. The third-order valence-corrected chi connectivity index (χ3v) is 5.82. The van der Waals surface area contributed by atoms with E-state index in [-0.39, 0.29) is 10.9 Å². The molecule has 0 aliphatic carbocycles. The Morgan fingerprint density at radius 3 is 2.04 bits per heavy atom. The van der Waals surface area contributed by atoms with Gasteiger partial charge >= 0.3 is 0 Å². The molecule has 136 valence electrons. The molecule has 0 heterocycles. The van der Waals surface area contributed by atoms with Crippen molar-refractivity contribution < 1.29 is 17.9 Å². The summed E-state index contributed by atoms with van der Waals surface area (Å²) in [5.74, 6) is 1.47. The van der Waals surface area contributed by atoms with E-state index >= 15 is 0 Å². The molecule has 0 fully saturated rings. The van der Waals surface area contributed by atoms with Gasteiger partial charge in [0.2, 0.25) is 10.0 Å². The van der Waals surface area contributed by atoms with Gasteiger partial charge in [-0.1, -0.05) is 24.3 Å². The van der Waals surface area contributed by atoms with E-state index in [1.165, 1.54) is 0 Å². The molecule has 0 aliphatic rings. The molecule has 0 spiro atoms. The zero-order valence-electron chi connectivity index (χ0n) is 14.9. The third kappa shape index (κ3) is 3.81. The van der Waals surface area contributed by atoms with E-state index < -0.39 is 10.0 Å². The van der Waals surface area contributed by atoms with Crippen molar-refractivity contribution in [2.75, 3.05) is 14.2 Å². The van der Waals surface area contributed by atoms with Crippen molar-refractivity contribution in [3.8, 4) is 11.5 Å². The highest BCUT2D eigenvalue weighted by atomic mass is 32.2. The van der Waals surface area contributed by atoms with Crippen LogP contribution in [0.5, 0.6) is 11.5 Å². The van der Waals surface area contributed by atoms with Gasteiger partial charge in [0.05, 0.1) is 19.1 Å². The molecule has 0 unspecified atom stereocenters. The van der Waals surface area contributed by atoms with E-state index in [2.05, 4.69) is 4.72 Å². The molecular formula is C20H21NO4S. The van der Waals surface area contributed by atoms with Crippen molar-refractivity contribution in [1.82, 2.24) is 4.72 Å². The Bertz CT molecular complexity index is 1010. The lowest BCUT2D eigenvalue weighted by Crippen LogP contribution is -2.26. The third-order valence-electron chi connectivity index (χ3n) is 4.28. The SMILES string of the molecule is COc1ccc([C@@H](C)NS(=O)(=O)c2ccc3cc(OC)ccc3c2)cc1. The number of nitrogens with one attached hydrogen (secondary N) is 1. The Morgan fingerprint density at radius 1 is 0.808 bits per heavy atom. The first-order valence-electron chi connectivity index (χ1n) is 8.17. The van der Waals surface area contributed by atoms with Crippen molar-refractivity contribution in [3.05, 3.63) is 66.2 Å². The molecule has 26 heavy (non-hydrogen) atoms. The first-order chi connectivity index (χ1) is 12.4. The second-order valence-corrected chi connectivity index (χ2v) is 7.71. The summed E-state index contributed by atoms with van der Waals surface area (Å²) >= 11 is 0. The Kier molecular flexibility index (Phi) is 5.15. The van der Waals surface area contributed by atoms with E-state index in [0.29, 0.717) is 0 Å². The van der Waals surface area contributed by atoms with Gasteiger partial charge in [0.25, 0.3) is 0 Å². The lowest BCUT2D eigenvalue weighted by Gasteiger charge is -2.15. The number of hydrogen-bond acceptors (Lipinski definition) is 4. The monoisotopic (exact) mass is 371 g/mol. The molecule has 0 radical (unpaired) electrons. The van der Waals surface area contributed by atoms with Gasteiger partial charge in [-0.3, -0.25) is 0 Å². The van der Waals surface area contributed by atoms with Gasteiger partial charge in [-0.15, -0.1) is 0 Å². The molecule has 1 N–H and O–H groups in total. The molecule has 0 aromatic heterocycles. The predicted octanol–water partition coefficient (Wildman–Crippen LogP) is 3.90. The second-order valence-electron chi connectivity index (χ2n) is 5.99. The summed E-state index contributed by atoms with van der Waals surface area (Å²) < 4.78 is 38.5. The molecule has 0 aliphatic heterocycles. The molecule has 3 aromatic carbocycles. The summed E-state index contributed by atoms with van der Waals surface area (Å²) in [6.45, 7) is 1.81. The second kappa shape index (κ2) is 7.35. The fourth-order valence-electron chi connectivity index (χ4n) is 2.76. The molecule has 0 saturated carbocycles. The number of fused-ring (bicyclic) bond motifs is 1. The van der Waals surface area contributed by atoms with Gasteiger partial charge in [-0.25, -0.2) is 13.1 Å². The summed E-state index contributed by atoms with van der Waals surface area (Å²) in [6, 6.07) is 17.5. The summed E-state index contributed by atoms with van der Waals surface area (Å²) in [4.78, 5) is 0.232. The maximum atomic E-state index is 12.7. The van der Waals surface area contributed by atoms with Crippen LogP contribution in [0.1, 0.15) is 18.5 Å². The van der Waals surface area contributed by atoms with Crippen molar-refractivity contribution in [1.29, 1.82) is 0 Å². The highest BCUT2D eigenvalue weighted by Crippen LogP contribution is 2.25. The van der Waals surface area contributed by atoms with E-state index in [0.717, 1.165) is 27.8 Å². The van der Waals surface area contributed by atoms with Crippen LogP contribution in [0.15, 0.2) is 65.6 Å². The van der Waals surface area contributed by atoms with E-state index in [1.54, 1.807) is 32.4 Å². The van der Waals surface area contributed by atoms with Crippen molar-refractivity contribution in [3.63, 3.8) is 0 Å². The highest BCUT2D eigenvalue weighted by molar-refractivity contribution is 7.89. The summed E-state index contributed by atoms with van der Waals surface area (Å²) in [7, 11) is -0.448. The van der Waals surface area contributed by atoms with Gasteiger partial charge in [-0.2, -0.15) is 0 Å². The zero-order chi connectivity index (χ0) is 18.7. The van der Waals surface area contributed by atoms with E-state index in [4.69, 9.17) is 9.47 Å². The van der Waals surface area contributed by atoms with E-state index in [1.807, 2.05) is 49.4 Å². The molecule has 0 saturated heterocycles. The Morgan fingerprint density at radius 2 is 1.38 bits per heavy atom. The standard InChI is InChI=1S/C20H21NO4S/c1-14(15-4-8-18(24-2)9-5-15)21-26(22,23)20-11-7-16-12-19(25-3)10-6-17(16)13-20/h4-14,21H,1-3H3/t14-/m1/s1. The van der Waals surface area contributed by atoms with Gasteiger partial charge in [0.15, 0.2) is 0 Å². The first kappa shape index (κ1) is 18.2. The number of ether oxygens (including phenoxy) is 2. The predicted molar refractivity (Wildman–Crippen MR) is 102 cm³/mol. The molecule has 5 nitrogen and oxygen atoms in total. The number of rotatable bonds is 6. The van der Waals surface area contributed by atoms with Crippen molar-refractivity contribution >= 4 is 20.8 Å². The quantitative estimate of drug-likeness (QED) is 0.714. The summed E-state index contributed by atoms with van der Waals surface area (Å²) in [5, 5.41) is 1.76.